The Morgan fingerprint density at radius 1 is 1.05 bits per heavy atom. The average molecular weight is 248 g/mol. The highest BCUT2D eigenvalue weighted by Crippen LogP contribution is 2.17. The lowest BCUT2D eigenvalue weighted by Crippen LogP contribution is -2.22. The number of aryl methyl sites for hydroxylation is 1. The number of benzene rings is 2. The van der Waals surface area contributed by atoms with Crippen molar-refractivity contribution in [2.45, 2.75) is 20.3 Å². The maximum atomic E-state index is 4.14. The van der Waals surface area contributed by atoms with Crippen molar-refractivity contribution in [3.8, 4) is 11.1 Å². The third kappa shape index (κ3) is 3.23. The van der Waals surface area contributed by atoms with E-state index in [1.165, 1.54) is 16.7 Å². The molecule has 2 aromatic carbocycles. The highest BCUT2D eigenvalue weighted by Gasteiger charge is 1.97. The minimum Gasteiger partial charge on any atom is -0.0958 e. The molecular weight excluding hydrogens is 228 g/mol. The molecule has 0 atom stereocenters. The molecule has 19 heavy (non-hydrogen) atoms. The summed E-state index contributed by atoms with van der Waals surface area (Å²) in [6, 6.07) is 15.0. The second-order valence-corrected chi connectivity index (χ2v) is 4.94. The third-order valence-electron chi connectivity index (χ3n) is 3.34. The number of hydrogen-bond donors (Lipinski definition) is 0. The Labute approximate surface area is 115 Å². The van der Waals surface area contributed by atoms with E-state index in [2.05, 4.69) is 75.5 Å². The topological polar surface area (TPSA) is 0 Å². The van der Waals surface area contributed by atoms with Gasteiger partial charge in [-0.1, -0.05) is 73.7 Å². The summed E-state index contributed by atoms with van der Waals surface area (Å²) < 4.78 is 0. The lowest BCUT2D eigenvalue weighted by Gasteiger charge is -2.03. The van der Waals surface area contributed by atoms with E-state index in [1.807, 2.05) is 0 Å². The summed E-state index contributed by atoms with van der Waals surface area (Å²) in [5.41, 5.74) is 4.86. The lowest BCUT2D eigenvalue weighted by molar-refractivity contribution is 1.18. The van der Waals surface area contributed by atoms with Gasteiger partial charge in [-0.3, -0.25) is 0 Å². The molecule has 0 saturated heterocycles. The van der Waals surface area contributed by atoms with Crippen molar-refractivity contribution in [2.75, 3.05) is 0 Å². The predicted molar refractivity (Wildman–Crippen MR) is 85.3 cm³/mol. The molecule has 0 aliphatic rings. The Morgan fingerprint density at radius 3 is 2.26 bits per heavy atom. The maximum absolute atomic E-state index is 4.14. The van der Waals surface area contributed by atoms with Crippen molar-refractivity contribution < 1.29 is 0 Å². The van der Waals surface area contributed by atoms with Crippen LogP contribution in [-0.2, 0) is 0 Å². The van der Waals surface area contributed by atoms with Crippen molar-refractivity contribution in [3.63, 3.8) is 0 Å². The summed E-state index contributed by atoms with van der Waals surface area (Å²) >= 11 is 0. The van der Waals surface area contributed by atoms with E-state index in [0.717, 1.165) is 22.4 Å². The smallest absolute Gasteiger partial charge is 0.0178 e. The largest absolute Gasteiger partial charge is 0.0958 e. The van der Waals surface area contributed by atoms with Gasteiger partial charge in [0.05, 0.1) is 0 Å². The fourth-order valence-corrected chi connectivity index (χ4v) is 1.99. The van der Waals surface area contributed by atoms with Crippen LogP contribution in [0.1, 0.15) is 18.9 Å². The number of allylic oxidation sites excluding steroid dienone is 1. The Hall–Kier alpha value is -2.08. The molecule has 96 valence electrons. The van der Waals surface area contributed by atoms with Gasteiger partial charge >= 0.3 is 0 Å². The van der Waals surface area contributed by atoms with E-state index in [9.17, 15) is 0 Å². The van der Waals surface area contributed by atoms with Crippen molar-refractivity contribution in [1.29, 1.82) is 0 Å². The van der Waals surface area contributed by atoms with Crippen LogP contribution in [0.2, 0.25) is 0 Å². The van der Waals surface area contributed by atoms with Crippen LogP contribution < -0.4 is 10.4 Å². The maximum Gasteiger partial charge on any atom is -0.0178 e. The van der Waals surface area contributed by atoms with Crippen molar-refractivity contribution in [2.24, 2.45) is 0 Å². The van der Waals surface area contributed by atoms with E-state index in [1.54, 1.807) is 0 Å². The summed E-state index contributed by atoms with van der Waals surface area (Å²) in [7, 11) is 0. The SMILES string of the molecule is C=C(/C=c1/ccc(-c2ccc(C)cc2)cc1=C)CC. The summed E-state index contributed by atoms with van der Waals surface area (Å²) in [6.45, 7) is 12.4. The molecule has 0 saturated carbocycles. The molecule has 0 amide bonds. The van der Waals surface area contributed by atoms with Crippen LogP contribution in [-0.4, -0.2) is 0 Å². The molecule has 0 aromatic heterocycles. The Morgan fingerprint density at radius 2 is 1.68 bits per heavy atom. The molecular formula is C19H20. The van der Waals surface area contributed by atoms with Gasteiger partial charge in [0.2, 0.25) is 0 Å². The van der Waals surface area contributed by atoms with E-state index in [4.69, 9.17) is 0 Å². The molecule has 0 fully saturated rings. The molecule has 0 bridgehead atoms. The minimum atomic E-state index is 0.971. The highest BCUT2D eigenvalue weighted by atomic mass is 14.0. The molecule has 0 aliphatic heterocycles. The zero-order valence-electron chi connectivity index (χ0n) is 11.7. The van der Waals surface area contributed by atoms with Crippen LogP contribution >= 0.6 is 0 Å². The fourth-order valence-electron chi connectivity index (χ4n) is 1.99. The average Bonchev–Trinajstić information content (AvgIpc) is 2.41. The Kier molecular flexibility index (Phi) is 4.01. The summed E-state index contributed by atoms with van der Waals surface area (Å²) in [5.74, 6) is 0. The monoisotopic (exact) mass is 248 g/mol. The Balaban J connectivity index is 2.45. The van der Waals surface area contributed by atoms with Crippen molar-refractivity contribution in [3.05, 3.63) is 70.6 Å². The predicted octanol–water partition coefficient (Wildman–Crippen LogP) is 3.82. The van der Waals surface area contributed by atoms with Gasteiger partial charge in [-0.05, 0) is 41.0 Å². The molecule has 2 aromatic rings. The van der Waals surface area contributed by atoms with Gasteiger partial charge in [-0.2, -0.15) is 0 Å². The first kappa shape index (κ1) is 13.4. The zero-order valence-corrected chi connectivity index (χ0v) is 11.7. The van der Waals surface area contributed by atoms with Gasteiger partial charge in [0.1, 0.15) is 0 Å². The first-order chi connectivity index (χ1) is 9.10. The van der Waals surface area contributed by atoms with Crippen LogP contribution in [0.25, 0.3) is 23.8 Å². The van der Waals surface area contributed by atoms with Gasteiger partial charge in [0, 0.05) is 0 Å². The Bertz CT molecular complexity index is 688. The first-order valence-electron chi connectivity index (χ1n) is 6.65. The van der Waals surface area contributed by atoms with Crippen LogP contribution in [0.3, 0.4) is 0 Å². The van der Waals surface area contributed by atoms with Crippen LogP contribution in [0.15, 0.2) is 54.6 Å². The molecule has 0 radical (unpaired) electrons. The van der Waals surface area contributed by atoms with Crippen LogP contribution in [0.5, 0.6) is 0 Å². The molecule has 0 heterocycles. The first-order valence-corrected chi connectivity index (χ1v) is 6.65. The molecule has 0 heteroatoms. The van der Waals surface area contributed by atoms with Crippen LogP contribution in [0.4, 0.5) is 0 Å². The van der Waals surface area contributed by atoms with Crippen LogP contribution in [0, 0.1) is 6.92 Å². The molecule has 0 spiro atoms. The fraction of sp³-hybridized carbons (Fsp3) is 0.158. The summed E-state index contributed by atoms with van der Waals surface area (Å²) in [5, 5.41) is 2.20. The van der Waals surface area contributed by atoms with Crippen molar-refractivity contribution in [1.82, 2.24) is 0 Å². The van der Waals surface area contributed by atoms with Gasteiger partial charge in [0.15, 0.2) is 0 Å². The zero-order chi connectivity index (χ0) is 13.8. The standard InChI is InChI=1S/C19H20/c1-5-14(2)12-18-10-11-19(13-16(18)4)17-8-6-15(3)7-9-17/h6-13H,2,4-5H2,1,3H3/b18-12-. The number of hydrogen-bond acceptors (Lipinski definition) is 0. The second-order valence-electron chi connectivity index (χ2n) is 4.94. The van der Waals surface area contributed by atoms with Gasteiger partial charge in [-0.25, -0.2) is 0 Å². The third-order valence-corrected chi connectivity index (χ3v) is 3.34. The summed E-state index contributed by atoms with van der Waals surface area (Å²) in [4.78, 5) is 0. The molecule has 0 N–H and O–H groups in total. The minimum absolute atomic E-state index is 0.971. The number of rotatable bonds is 3. The molecule has 0 nitrogen and oxygen atoms in total. The highest BCUT2D eigenvalue weighted by molar-refractivity contribution is 5.64. The van der Waals surface area contributed by atoms with Crippen molar-refractivity contribution >= 4 is 12.7 Å². The molecule has 2 rings (SSSR count). The quantitative estimate of drug-likeness (QED) is 0.774. The van der Waals surface area contributed by atoms with E-state index < -0.39 is 0 Å². The van der Waals surface area contributed by atoms with E-state index >= 15 is 0 Å². The normalized spacial score (nSPS) is 11.6. The van der Waals surface area contributed by atoms with Gasteiger partial charge in [0.25, 0.3) is 0 Å². The summed E-state index contributed by atoms with van der Waals surface area (Å²) in [6.07, 6.45) is 3.08. The molecule has 0 unspecified atom stereocenters. The molecule has 0 aliphatic carbocycles. The van der Waals surface area contributed by atoms with E-state index in [-0.39, 0.29) is 0 Å². The van der Waals surface area contributed by atoms with Gasteiger partial charge < -0.3 is 0 Å². The van der Waals surface area contributed by atoms with E-state index in [0.29, 0.717) is 0 Å². The van der Waals surface area contributed by atoms with Gasteiger partial charge in [-0.15, -0.1) is 0 Å². The second kappa shape index (κ2) is 5.71. The lowest BCUT2D eigenvalue weighted by atomic mass is 10.0.